The highest BCUT2D eigenvalue weighted by atomic mass is 16.4. The van der Waals surface area contributed by atoms with E-state index in [1.54, 1.807) is 0 Å². The Morgan fingerprint density at radius 2 is 2.06 bits per heavy atom. The van der Waals surface area contributed by atoms with Crippen LogP contribution in [-0.2, 0) is 9.59 Å². The summed E-state index contributed by atoms with van der Waals surface area (Å²) in [4.78, 5) is 22.9. The number of amides is 1. The van der Waals surface area contributed by atoms with E-state index in [4.69, 9.17) is 10.8 Å². The van der Waals surface area contributed by atoms with Crippen molar-refractivity contribution in [2.24, 2.45) is 17.6 Å². The lowest BCUT2D eigenvalue weighted by Gasteiger charge is -2.20. The molecule has 1 saturated carbocycles. The third-order valence-corrected chi connectivity index (χ3v) is 3.23. The first-order valence-electron chi connectivity index (χ1n) is 6.20. The Labute approximate surface area is 102 Å². The lowest BCUT2D eigenvalue weighted by molar-refractivity contribution is -0.143. The standard InChI is InChI=1S/C12H22N2O3/c1-7(2)6-10(12(16)17)14-11(15)8-4-3-5-9(8)13/h7-10H,3-6,13H2,1-2H3,(H,14,15)(H,16,17). The Hall–Kier alpha value is -1.10. The fraction of sp³-hybridized carbons (Fsp3) is 0.833. The van der Waals surface area contributed by atoms with Gasteiger partial charge in [0.1, 0.15) is 6.04 Å². The lowest BCUT2D eigenvalue weighted by atomic mass is 10.00. The number of carboxylic acid groups (broad SMARTS) is 1. The van der Waals surface area contributed by atoms with Gasteiger partial charge in [0.15, 0.2) is 0 Å². The molecule has 0 bridgehead atoms. The first-order chi connectivity index (χ1) is 7.91. The minimum atomic E-state index is -0.974. The average Bonchev–Trinajstić information content (AvgIpc) is 2.62. The second kappa shape index (κ2) is 6.00. The van der Waals surface area contributed by atoms with Crippen molar-refractivity contribution < 1.29 is 14.7 Å². The zero-order chi connectivity index (χ0) is 13.0. The van der Waals surface area contributed by atoms with Gasteiger partial charge in [-0.25, -0.2) is 4.79 Å². The number of nitrogens with one attached hydrogen (secondary N) is 1. The lowest BCUT2D eigenvalue weighted by Crippen LogP contribution is -2.47. The van der Waals surface area contributed by atoms with Crippen LogP contribution in [0.25, 0.3) is 0 Å². The molecule has 98 valence electrons. The molecule has 5 nitrogen and oxygen atoms in total. The van der Waals surface area contributed by atoms with Crippen molar-refractivity contribution in [3.8, 4) is 0 Å². The van der Waals surface area contributed by atoms with Crippen molar-refractivity contribution >= 4 is 11.9 Å². The normalized spacial score (nSPS) is 25.9. The molecule has 4 N–H and O–H groups in total. The van der Waals surface area contributed by atoms with Gasteiger partial charge in [0.2, 0.25) is 5.91 Å². The van der Waals surface area contributed by atoms with Crippen molar-refractivity contribution in [2.75, 3.05) is 0 Å². The minimum Gasteiger partial charge on any atom is -0.480 e. The third-order valence-electron chi connectivity index (χ3n) is 3.23. The van der Waals surface area contributed by atoms with Crippen molar-refractivity contribution in [1.82, 2.24) is 5.32 Å². The monoisotopic (exact) mass is 242 g/mol. The number of rotatable bonds is 5. The van der Waals surface area contributed by atoms with Crippen molar-refractivity contribution in [3.05, 3.63) is 0 Å². The van der Waals surface area contributed by atoms with Gasteiger partial charge in [0.25, 0.3) is 0 Å². The van der Waals surface area contributed by atoms with Crippen molar-refractivity contribution in [1.29, 1.82) is 0 Å². The molecule has 3 unspecified atom stereocenters. The molecule has 0 spiro atoms. The van der Waals surface area contributed by atoms with Crippen LogP contribution in [0.4, 0.5) is 0 Å². The summed E-state index contributed by atoms with van der Waals surface area (Å²) in [6, 6.07) is -0.918. The third kappa shape index (κ3) is 4.00. The van der Waals surface area contributed by atoms with Gasteiger partial charge in [-0.15, -0.1) is 0 Å². The van der Waals surface area contributed by atoms with Gasteiger partial charge in [-0.2, -0.15) is 0 Å². The second-order valence-corrected chi connectivity index (χ2v) is 5.23. The topological polar surface area (TPSA) is 92.4 Å². The zero-order valence-corrected chi connectivity index (χ0v) is 10.5. The Kier molecular flexibility index (Phi) is 4.93. The molecule has 0 radical (unpaired) electrons. The largest absolute Gasteiger partial charge is 0.480 e. The smallest absolute Gasteiger partial charge is 0.326 e. The van der Waals surface area contributed by atoms with E-state index in [-0.39, 0.29) is 23.8 Å². The molecule has 1 fully saturated rings. The van der Waals surface area contributed by atoms with Gasteiger partial charge < -0.3 is 16.2 Å². The van der Waals surface area contributed by atoms with Crippen molar-refractivity contribution in [2.45, 2.75) is 51.6 Å². The maximum Gasteiger partial charge on any atom is 0.326 e. The first kappa shape index (κ1) is 14.0. The average molecular weight is 242 g/mol. The summed E-state index contributed by atoms with van der Waals surface area (Å²) in [5, 5.41) is 11.6. The molecular formula is C12H22N2O3. The van der Waals surface area contributed by atoms with E-state index in [2.05, 4.69) is 5.32 Å². The first-order valence-corrected chi connectivity index (χ1v) is 6.20. The fourth-order valence-electron chi connectivity index (χ4n) is 2.29. The molecule has 1 aliphatic carbocycles. The van der Waals surface area contributed by atoms with Crippen LogP contribution >= 0.6 is 0 Å². The summed E-state index contributed by atoms with van der Waals surface area (Å²) in [5.41, 5.74) is 5.82. The molecule has 0 heterocycles. The van der Waals surface area contributed by atoms with Crippen LogP contribution in [0.5, 0.6) is 0 Å². The highest BCUT2D eigenvalue weighted by Crippen LogP contribution is 2.24. The molecule has 0 aromatic heterocycles. The summed E-state index contributed by atoms with van der Waals surface area (Å²) < 4.78 is 0. The van der Waals surface area contributed by atoms with Gasteiger partial charge in [0, 0.05) is 6.04 Å². The molecule has 0 aromatic carbocycles. The fourth-order valence-corrected chi connectivity index (χ4v) is 2.29. The highest BCUT2D eigenvalue weighted by Gasteiger charge is 2.32. The molecular weight excluding hydrogens is 220 g/mol. The van der Waals surface area contributed by atoms with Gasteiger partial charge in [-0.3, -0.25) is 4.79 Å². The number of hydrogen-bond acceptors (Lipinski definition) is 3. The highest BCUT2D eigenvalue weighted by molar-refractivity contribution is 5.85. The minimum absolute atomic E-state index is 0.122. The van der Waals surface area contributed by atoms with Crippen LogP contribution in [0.15, 0.2) is 0 Å². The van der Waals surface area contributed by atoms with Crippen LogP contribution in [0.2, 0.25) is 0 Å². The van der Waals surface area contributed by atoms with E-state index in [1.807, 2.05) is 13.8 Å². The number of carboxylic acids is 1. The van der Waals surface area contributed by atoms with Crippen LogP contribution in [0.1, 0.15) is 39.5 Å². The molecule has 0 aliphatic heterocycles. The maximum atomic E-state index is 11.9. The summed E-state index contributed by atoms with van der Waals surface area (Å²) in [7, 11) is 0. The van der Waals surface area contributed by atoms with Crippen LogP contribution in [0.3, 0.4) is 0 Å². The van der Waals surface area contributed by atoms with E-state index in [9.17, 15) is 9.59 Å². The number of carbonyl (C=O) groups excluding carboxylic acids is 1. The SMILES string of the molecule is CC(C)CC(NC(=O)C1CCCC1N)C(=O)O. The Morgan fingerprint density at radius 1 is 1.41 bits per heavy atom. The second-order valence-electron chi connectivity index (χ2n) is 5.23. The zero-order valence-electron chi connectivity index (χ0n) is 10.5. The number of nitrogens with two attached hydrogens (primary N) is 1. The summed E-state index contributed by atoms with van der Waals surface area (Å²) in [5.74, 6) is -1.17. The molecule has 0 saturated heterocycles. The van der Waals surface area contributed by atoms with E-state index < -0.39 is 12.0 Å². The van der Waals surface area contributed by atoms with Crippen molar-refractivity contribution in [3.63, 3.8) is 0 Å². The van der Waals surface area contributed by atoms with Gasteiger partial charge in [-0.1, -0.05) is 20.3 Å². The molecule has 1 amide bonds. The van der Waals surface area contributed by atoms with E-state index >= 15 is 0 Å². The molecule has 5 heteroatoms. The molecule has 1 rings (SSSR count). The Morgan fingerprint density at radius 3 is 2.47 bits per heavy atom. The van der Waals surface area contributed by atoms with E-state index in [0.29, 0.717) is 6.42 Å². The van der Waals surface area contributed by atoms with Gasteiger partial charge in [-0.05, 0) is 25.2 Å². The molecule has 17 heavy (non-hydrogen) atoms. The van der Waals surface area contributed by atoms with Crippen LogP contribution in [0, 0.1) is 11.8 Å². The Bertz CT molecular complexity index is 291. The summed E-state index contributed by atoms with van der Waals surface area (Å²) in [6.45, 7) is 3.87. The van der Waals surface area contributed by atoms with Crippen LogP contribution < -0.4 is 11.1 Å². The Balaban J connectivity index is 2.54. The van der Waals surface area contributed by atoms with E-state index in [1.165, 1.54) is 0 Å². The molecule has 3 atom stereocenters. The number of carbonyl (C=O) groups is 2. The quantitative estimate of drug-likeness (QED) is 0.662. The molecule has 0 aromatic rings. The summed E-state index contributed by atoms with van der Waals surface area (Å²) in [6.07, 6.45) is 3.01. The number of aliphatic carboxylic acids is 1. The predicted octanol–water partition coefficient (Wildman–Crippen LogP) is 0.729. The van der Waals surface area contributed by atoms with E-state index in [0.717, 1.165) is 19.3 Å². The van der Waals surface area contributed by atoms with Gasteiger partial charge >= 0.3 is 5.97 Å². The van der Waals surface area contributed by atoms with Gasteiger partial charge in [0.05, 0.1) is 5.92 Å². The van der Waals surface area contributed by atoms with Crippen LogP contribution in [-0.4, -0.2) is 29.1 Å². The maximum absolute atomic E-state index is 11.9. The summed E-state index contributed by atoms with van der Waals surface area (Å²) >= 11 is 0. The number of hydrogen-bond donors (Lipinski definition) is 3. The predicted molar refractivity (Wildman–Crippen MR) is 64.3 cm³/mol. The molecule has 1 aliphatic rings.